The zero-order valence-corrected chi connectivity index (χ0v) is 15.1. The van der Waals surface area contributed by atoms with Crippen LogP contribution >= 0.6 is 0 Å². The van der Waals surface area contributed by atoms with Crippen molar-refractivity contribution in [2.75, 3.05) is 12.8 Å². The first-order valence-electron chi connectivity index (χ1n) is 8.40. The third kappa shape index (κ3) is 5.16. The van der Waals surface area contributed by atoms with Gasteiger partial charge in [-0.15, -0.1) is 0 Å². The van der Waals surface area contributed by atoms with Crippen LogP contribution in [0.4, 0.5) is 0 Å². The van der Waals surface area contributed by atoms with Gasteiger partial charge in [0.05, 0.1) is 21.3 Å². The second kappa shape index (κ2) is 8.97. The lowest BCUT2D eigenvalue weighted by molar-refractivity contribution is -0.129. The van der Waals surface area contributed by atoms with Crippen LogP contribution in [-0.2, 0) is 20.3 Å². The summed E-state index contributed by atoms with van der Waals surface area (Å²) < 4.78 is 16.9. The highest BCUT2D eigenvalue weighted by atomic mass is 32.2. The van der Waals surface area contributed by atoms with Crippen molar-refractivity contribution >= 4 is 22.7 Å². The monoisotopic (exact) mass is 351 g/mol. The Morgan fingerprint density at radius 1 is 1.25 bits per heavy atom. The molecule has 0 radical (unpaired) electrons. The maximum absolute atomic E-state index is 12.3. The molecule has 2 atom stereocenters. The van der Waals surface area contributed by atoms with Gasteiger partial charge in [0, 0.05) is 12.8 Å². The topological polar surface area (TPSA) is 72.5 Å². The van der Waals surface area contributed by atoms with Gasteiger partial charge in [0.25, 0.3) is 5.91 Å². The van der Waals surface area contributed by atoms with E-state index in [2.05, 4.69) is 5.32 Å². The fourth-order valence-corrected chi connectivity index (χ4v) is 3.67. The predicted molar refractivity (Wildman–Crippen MR) is 93.2 cm³/mol. The Bertz CT molecular complexity index is 611. The second-order valence-electron chi connectivity index (χ2n) is 6.25. The molecule has 2 rings (SSSR count). The Morgan fingerprint density at radius 3 is 2.58 bits per heavy atom. The molecule has 1 aliphatic carbocycles. The van der Waals surface area contributed by atoms with Gasteiger partial charge in [-0.2, -0.15) is 0 Å². The van der Waals surface area contributed by atoms with E-state index in [0.29, 0.717) is 17.4 Å². The minimum atomic E-state index is -1.29. The maximum Gasteiger partial charge on any atom is 0.340 e. The van der Waals surface area contributed by atoms with Crippen molar-refractivity contribution in [3.63, 3.8) is 0 Å². The van der Waals surface area contributed by atoms with E-state index in [9.17, 15) is 13.8 Å². The largest absolute Gasteiger partial charge is 0.449 e. The Hall–Kier alpha value is -1.69. The predicted octanol–water partition coefficient (Wildman–Crippen LogP) is 2.67. The molecule has 0 aromatic heterocycles. The average molecular weight is 351 g/mol. The Morgan fingerprint density at radius 2 is 1.92 bits per heavy atom. The third-order valence-corrected chi connectivity index (χ3v) is 5.33. The third-order valence-electron chi connectivity index (χ3n) is 4.36. The normalized spacial score (nSPS) is 17.8. The van der Waals surface area contributed by atoms with Crippen LogP contribution in [0.5, 0.6) is 0 Å². The van der Waals surface area contributed by atoms with Gasteiger partial charge in [-0.1, -0.05) is 31.4 Å². The first-order valence-corrected chi connectivity index (χ1v) is 9.96. The molecule has 6 heteroatoms. The molecule has 132 valence electrons. The van der Waals surface area contributed by atoms with E-state index in [1.165, 1.54) is 25.5 Å². The number of benzene rings is 1. The molecule has 0 unspecified atom stereocenters. The molecule has 1 aromatic carbocycles. The van der Waals surface area contributed by atoms with E-state index < -0.39 is 22.9 Å². The number of ether oxygens (including phenoxy) is 1. The zero-order valence-electron chi connectivity index (χ0n) is 14.2. The van der Waals surface area contributed by atoms with Gasteiger partial charge in [0.15, 0.2) is 6.10 Å². The number of carbonyl (C=O) groups excluding carboxylic acids is 2. The molecule has 0 heterocycles. The summed E-state index contributed by atoms with van der Waals surface area (Å²) in [6.45, 7) is 2.19. The number of carbonyl (C=O) groups is 2. The highest BCUT2D eigenvalue weighted by molar-refractivity contribution is 7.84. The van der Waals surface area contributed by atoms with E-state index in [-0.39, 0.29) is 11.5 Å². The van der Waals surface area contributed by atoms with Crippen molar-refractivity contribution in [3.05, 3.63) is 29.8 Å². The molecule has 1 aromatic rings. The highest BCUT2D eigenvalue weighted by Crippen LogP contribution is 2.22. The van der Waals surface area contributed by atoms with Crippen molar-refractivity contribution in [1.29, 1.82) is 0 Å². The molecular weight excluding hydrogens is 326 g/mol. The number of rotatable bonds is 6. The standard InChI is InChI=1S/C18H25NO4S/c1-13(17(20)19-12-14-8-4-3-5-9-14)23-18(21)15-10-6-7-11-16(15)24(2)22/h6-7,10-11,13-14H,3-5,8-9,12H2,1-2H3,(H,19,20)/t13-,24-/m0/s1. The summed E-state index contributed by atoms with van der Waals surface area (Å²) in [6, 6.07) is 6.58. The van der Waals surface area contributed by atoms with Crippen LogP contribution in [0.15, 0.2) is 29.2 Å². The minimum Gasteiger partial charge on any atom is -0.449 e. The van der Waals surface area contributed by atoms with Gasteiger partial charge < -0.3 is 10.1 Å². The highest BCUT2D eigenvalue weighted by Gasteiger charge is 2.22. The first-order chi connectivity index (χ1) is 11.5. The summed E-state index contributed by atoms with van der Waals surface area (Å²) in [4.78, 5) is 24.8. The number of amides is 1. The molecule has 0 aliphatic heterocycles. The van der Waals surface area contributed by atoms with Crippen LogP contribution in [0.3, 0.4) is 0 Å². The SMILES string of the molecule is C[C@H](OC(=O)c1ccccc1[S@](C)=O)C(=O)NCC1CCCCC1. The lowest BCUT2D eigenvalue weighted by atomic mass is 9.89. The molecule has 1 aliphatic rings. The summed E-state index contributed by atoms with van der Waals surface area (Å²) >= 11 is 0. The van der Waals surface area contributed by atoms with Crippen LogP contribution in [0.25, 0.3) is 0 Å². The van der Waals surface area contributed by atoms with E-state index in [1.807, 2.05) is 0 Å². The Labute approximate surface area is 145 Å². The van der Waals surface area contributed by atoms with Crippen LogP contribution in [0, 0.1) is 5.92 Å². The average Bonchev–Trinajstić information content (AvgIpc) is 2.60. The molecule has 24 heavy (non-hydrogen) atoms. The van der Waals surface area contributed by atoms with Crippen LogP contribution in [-0.4, -0.2) is 35.0 Å². The van der Waals surface area contributed by atoms with Crippen molar-refractivity contribution in [3.8, 4) is 0 Å². The quantitative estimate of drug-likeness (QED) is 0.800. The lowest BCUT2D eigenvalue weighted by Crippen LogP contribution is -2.38. The van der Waals surface area contributed by atoms with Crippen LogP contribution < -0.4 is 5.32 Å². The molecular formula is C18H25NO4S. The number of nitrogens with one attached hydrogen (secondary N) is 1. The van der Waals surface area contributed by atoms with E-state index in [4.69, 9.17) is 4.74 Å². The maximum atomic E-state index is 12.3. The van der Waals surface area contributed by atoms with Gasteiger partial charge in [-0.3, -0.25) is 9.00 Å². The fraction of sp³-hybridized carbons (Fsp3) is 0.556. The smallest absolute Gasteiger partial charge is 0.340 e. The van der Waals surface area contributed by atoms with Crippen LogP contribution in [0.2, 0.25) is 0 Å². The molecule has 1 N–H and O–H groups in total. The summed E-state index contributed by atoms with van der Waals surface area (Å²) in [7, 11) is -1.29. The van der Waals surface area contributed by atoms with Gasteiger partial charge in [0.2, 0.25) is 0 Å². The summed E-state index contributed by atoms with van der Waals surface area (Å²) in [5.41, 5.74) is 0.241. The van der Waals surface area contributed by atoms with E-state index >= 15 is 0 Å². The van der Waals surface area contributed by atoms with Crippen molar-refractivity contribution < 1.29 is 18.5 Å². The molecule has 1 saturated carbocycles. The van der Waals surface area contributed by atoms with Crippen molar-refractivity contribution in [2.24, 2.45) is 5.92 Å². The van der Waals surface area contributed by atoms with Gasteiger partial charge in [-0.05, 0) is 37.8 Å². The summed E-state index contributed by atoms with van der Waals surface area (Å²) in [5.74, 6) is -0.390. The van der Waals surface area contributed by atoms with Gasteiger partial charge in [0.1, 0.15) is 0 Å². The molecule has 5 nitrogen and oxygen atoms in total. The summed E-state index contributed by atoms with van der Waals surface area (Å²) in [6.07, 6.45) is 6.63. The van der Waals surface area contributed by atoms with Crippen molar-refractivity contribution in [1.82, 2.24) is 5.32 Å². The second-order valence-corrected chi connectivity index (χ2v) is 7.60. The molecule has 0 saturated heterocycles. The van der Waals surface area contributed by atoms with E-state index in [1.54, 1.807) is 31.2 Å². The number of hydrogen-bond acceptors (Lipinski definition) is 4. The minimum absolute atomic E-state index is 0.241. The molecule has 1 fully saturated rings. The zero-order chi connectivity index (χ0) is 17.5. The first kappa shape index (κ1) is 18.6. The summed E-state index contributed by atoms with van der Waals surface area (Å²) in [5, 5.41) is 2.87. The van der Waals surface area contributed by atoms with E-state index in [0.717, 1.165) is 12.8 Å². The van der Waals surface area contributed by atoms with Crippen LogP contribution in [0.1, 0.15) is 49.4 Å². The fourth-order valence-electron chi connectivity index (χ4n) is 2.94. The molecule has 0 spiro atoms. The van der Waals surface area contributed by atoms with Gasteiger partial charge >= 0.3 is 5.97 Å². The Balaban J connectivity index is 1.88. The lowest BCUT2D eigenvalue weighted by Gasteiger charge is -2.22. The van der Waals surface area contributed by atoms with Crippen molar-refractivity contribution in [2.45, 2.75) is 50.0 Å². The molecule has 1 amide bonds. The van der Waals surface area contributed by atoms with Gasteiger partial charge in [-0.25, -0.2) is 4.79 Å². The number of hydrogen-bond donors (Lipinski definition) is 1. The number of esters is 1. The Kier molecular flexibility index (Phi) is 6.97. The molecule has 0 bridgehead atoms.